The van der Waals surface area contributed by atoms with Crippen LogP contribution >= 0.6 is 0 Å². The number of fused-ring (bicyclic) bond motifs is 1. The molecule has 0 bridgehead atoms. The number of aromatic nitrogens is 3. The monoisotopic (exact) mass is 122 g/mol. The van der Waals surface area contributed by atoms with Gasteiger partial charge in [-0.3, -0.25) is 5.41 Å². The first-order valence-corrected chi connectivity index (χ1v) is 2.29. The number of azo groups is 1. The van der Waals surface area contributed by atoms with Gasteiger partial charge in [0.25, 0.3) is 0 Å². The third kappa shape index (κ3) is 0.411. The molecule has 0 aliphatic carbocycles. The van der Waals surface area contributed by atoms with Crippen LogP contribution in [0.1, 0.15) is 5.69 Å². The lowest BCUT2D eigenvalue weighted by molar-refractivity contribution is 0.926. The van der Waals surface area contributed by atoms with E-state index in [0.29, 0.717) is 11.5 Å². The van der Waals surface area contributed by atoms with Crippen molar-refractivity contribution in [2.24, 2.45) is 10.2 Å². The first-order valence-electron chi connectivity index (χ1n) is 2.29. The van der Waals surface area contributed by atoms with Crippen molar-refractivity contribution >= 4 is 11.7 Å². The van der Waals surface area contributed by atoms with Crippen molar-refractivity contribution in [2.75, 3.05) is 0 Å². The summed E-state index contributed by atoms with van der Waals surface area (Å²) in [4.78, 5) is 0. The fourth-order valence-corrected chi connectivity index (χ4v) is 0.599. The summed E-state index contributed by atoms with van der Waals surface area (Å²) >= 11 is 0. The molecule has 0 fully saturated rings. The summed E-state index contributed by atoms with van der Waals surface area (Å²) in [6.07, 6.45) is 0. The fourth-order valence-electron chi connectivity index (χ4n) is 0.599. The summed E-state index contributed by atoms with van der Waals surface area (Å²) in [7, 11) is 0. The highest BCUT2D eigenvalue weighted by Gasteiger charge is 2.17. The van der Waals surface area contributed by atoms with E-state index in [4.69, 9.17) is 5.41 Å². The molecule has 2 rings (SSSR count). The van der Waals surface area contributed by atoms with Gasteiger partial charge >= 0.3 is 0 Å². The van der Waals surface area contributed by atoms with Crippen molar-refractivity contribution in [1.82, 2.24) is 15.4 Å². The molecule has 1 aromatic rings. The maximum absolute atomic E-state index is 7.06. The molecule has 0 atom stereocenters. The Kier molecular flexibility index (Phi) is 0.583. The van der Waals surface area contributed by atoms with E-state index in [1.165, 1.54) is 0 Å². The summed E-state index contributed by atoms with van der Waals surface area (Å²) < 4.78 is 0. The predicted octanol–water partition coefficient (Wildman–Crippen LogP) is 0.227. The molecular formula is C3H2N6. The zero-order valence-corrected chi connectivity index (χ0v) is 4.29. The van der Waals surface area contributed by atoms with Gasteiger partial charge in [-0.1, -0.05) is 0 Å². The van der Waals surface area contributed by atoms with E-state index in [0.717, 1.165) is 0 Å². The third-order valence-electron chi connectivity index (χ3n) is 0.999. The van der Waals surface area contributed by atoms with Gasteiger partial charge in [0.2, 0.25) is 5.82 Å². The van der Waals surface area contributed by atoms with Crippen molar-refractivity contribution in [3.05, 3.63) is 5.69 Å². The van der Waals surface area contributed by atoms with Crippen molar-refractivity contribution in [2.45, 2.75) is 0 Å². The standard InChI is InChI=1S/C3H2N6/c4-2-1-3(7-6-2)8-9-5-1/h4H,(H,5,8,9). The van der Waals surface area contributed by atoms with Crippen LogP contribution in [-0.4, -0.2) is 21.2 Å². The van der Waals surface area contributed by atoms with Crippen molar-refractivity contribution in [1.29, 1.82) is 5.41 Å². The number of nitrogens with one attached hydrogen (secondary N) is 2. The van der Waals surface area contributed by atoms with E-state index in [2.05, 4.69) is 25.6 Å². The second-order valence-corrected chi connectivity index (χ2v) is 1.54. The van der Waals surface area contributed by atoms with Gasteiger partial charge in [-0.25, -0.2) is 0 Å². The Hall–Kier alpha value is -1.59. The summed E-state index contributed by atoms with van der Waals surface area (Å²) in [5.74, 6) is 0.471. The normalized spacial score (nSPS) is 14.4. The Balaban J connectivity index is 2.73. The quantitative estimate of drug-likeness (QED) is 0.515. The Morgan fingerprint density at radius 3 is 2.89 bits per heavy atom. The van der Waals surface area contributed by atoms with Crippen LogP contribution in [0.2, 0.25) is 0 Å². The second-order valence-electron chi connectivity index (χ2n) is 1.54. The third-order valence-corrected chi connectivity index (χ3v) is 0.999. The zero-order valence-electron chi connectivity index (χ0n) is 4.29. The van der Waals surface area contributed by atoms with Crippen LogP contribution in [0.25, 0.3) is 0 Å². The van der Waals surface area contributed by atoms with Crippen LogP contribution < -0.4 is 0 Å². The largest absolute Gasteiger partial charge is 0.279 e. The van der Waals surface area contributed by atoms with E-state index in [1.54, 1.807) is 0 Å². The van der Waals surface area contributed by atoms with Crippen molar-refractivity contribution in [3.8, 4) is 0 Å². The second kappa shape index (κ2) is 1.22. The maximum atomic E-state index is 7.06. The van der Waals surface area contributed by atoms with E-state index in [-0.39, 0.29) is 5.84 Å². The molecule has 9 heavy (non-hydrogen) atoms. The average Bonchev–Trinajstić information content (AvgIpc) is 2.35. The maximum Gasteiger partial charge on any atom is 0.227 e. The number of hydrogen-bond acceptors (Lipinski definition) is 4. The Morgan fingerprint density at radius 1 is 1.22 bits per heavy atom. The first-order chi connectivity index (χ1) is 4.38. The molecule has 0 unspecified atom stereocenters. The number of aromatic amines is 1. The lowest BCUT2D eigenvalue weighted by atomic mass is 10.4. The van der Waals surface area contributed by atoms with E-state index >= 15 is 0 Å². The highest BCUT2D eigenvalue weighted by molar-refractivity contribution is 6.00. The molecule has 0 saturated carbocycles. The van der Waals surface area contributed by atoms with E-state index in [9.17, 15) is 0 Å². The molecule has 1 aliphatic heterocycles. The van der Waals surface area contributed by atoms with Crippen LogP contribution in [0.4, 0.5) is 5.82 Å². The molecule has 0 aromatic carbocycles. The minimum atomic E-state index is 0.0683. The number of amidine groups is 1. The van der Waals surface area contributed by atoms with Crippen LogP contribution in [0, 0.1) is 5.41 Å². The summed E-state index contributed by atoms with van der Waals surface area (Å²) in [6, 6.07) is 0. The number of rotatable bonds is 0. The molecule has 6 heteroatoms. The van der Waals surface area contributed by atoms with Crippen LogP contribution in [0.15, 0.2) is 10.2 Å². The first kappa shape index (κ1) is 4.30. The molecule has 0 radical (unpaired) electrons. The topological polar surface area (TPSA) is 90.1 Å². The Morgan fingerprint density at radius 2 is 2.11 bits per heavy atom. The van der Waals surface area contributed by atoms with Gasteiger partial charge in [0, 0.05) is 0 Å². The predicted molar refractivity (Wildman–Crippen MR) is 27.7 cm³/mol. The highest BCUT2D eigenvalue weighted by atomic mass is 15.4. The minimum Gasteiger partial charge on any atom is -0.279 e. The highest BCUT2D eigenvalue weighted by Crippen LogP contribution is 2.19. The molecular weight excluding hydrogens is 120 g/mol. The lowest BCUT2D eigenvalue weighted by Crippen LogP contribution is -1.89. The molecule has 1 aromatic heterocycles. The number of H-pyrrole nitrogens is 1. The molecule has 44 valence electrons. The van der Waals surface area contributed by atoms with Gasteiger partial charge in [-0.05, 0) is 0 Å². The van der Waals surface area contributed by atoms with Gasteiger partial charge < -0.3 is 0 Å². The van der Waals surface area contributed by atoms with Crippen molar-refractivity contribution in [3.63, 3.8) is 0 Å². The molecule has 6 nitrogen and oxygen atoms in total. The number of nitrogens with zero attached hydrogens (tertiary/aromatic N) is 4. The Labute approximate surface area is 49.5 Å². The lowest BCUT2D eigenvalue weighted by Gasteiger charge is -1.75. The van der Waals surface area contributed by atoms with Gasteiger partial charge in [0.05, 0.1) is 0 Å². The summed E-state index contributed by atoms with van der Waals surface area (Å²) in [5.41, 5.74) is 0.426. The molecule has 2 heterocycles. The molecule has 0 saturated heterocycles. The van der Waals surface area contributed by atoms with Gasteiger partial charge in [-0.15, -0.1) is 15.3 Å². The van der Waals surface area contributed by atoms with Crippen LogP contribution in [0.5, 0.6) is 0 Å². The van der Waals surface area contributed by atoms with E-state index < -0.39 is 0 Å². The summed E-state index contributed by atoms with van der Waals surface area (Å²) in [5, 5.41) is 23.6. The van der Waals surface area contributed by atoms with Gasteiger partial charge in [0.15, 0.2) is 11.5 Å². The smallest absolute Gasteiger partial charge is 0.227 e. The molecule has 0 amide bonds. The van der Waals surface area contributed by atoms with Crippen molar-refractivity contribution < 1.29 is 0 Å². The average molecular weight is 122 g/mol. The van der Waals surface area contributed by atoms with Crippen LogP contribution in [-0.2, 0) is 0 Å². The minimum absolute atomic E-state index is 0.0683. The Bertz CT molecular complexity index is 282. The molecule has 1 aliphatic rings. The van der Waals surface area contributed by atoms with Gasteiger partial charge in [-0.2, -0.15) is 10.3 Å². The van der Waals surface area contributed by atoms with Gasteiger partial charge in [0.1, 0.15) is 0 Å². The zero-order chi connectivity index (χ0) is 6.27. The van der Waals surface area contributed by atoms with Crippen LogP contribution in [0.3, 0.4) is 0 Å². The molecule has 0 spiro atoms. The summed E-state index contributed by atoms with van der Waals surface area (Å²) in [6.45, 7) is 0. The fraction of sp³-hybridized carbons (Fsp3) is 0. The number of hydrogen-bond donors (Lipinski definition) is 2. The molecule has 2 N–H and O–H groups in total. The van der Waals surface area contributed by atoms with E-state index in [1.807, 2.05) is 0 Å². The SMILES string of the molecule is N=C1N=Nc2n[nH]nc21.